The van der Waals surface area contributed by atoms with Gasteiger partial charge in [-0.15, -0.1) is 0 Å². The van der Waals surface area contributed by atoms with Crippen LogP contribution in [-0.2, 0) is 0 Å². The molecule has 1 heterocycles. The van der Waals surface area contributed by atoms with Gasteiger partial charge >= 0.3 is 0 Å². The number of nitrogens with zero attached hydrogens (tertiary/aromatic N) is 2. The third-order valence-electron chi connectivity index (χ3n) is 3.76. The molecule has 0 saturated carbocycles. The molecule has 1 aliphatic rings. The molecule has 0 amide bonds. The summed E-state index contributed by atoms with van der Waals surface area (Å²) in [5.41, 5.74) is 8.74. The Hall–Kier alpha value is -1.97. The topological polar surface area (TPSA) is 51.0 Å². The van der Waals surface area contributed by atoms with Crippen LogP contribution in [0.1, 0.15) is 0 Å². The number of methoxy groups -OCH3 is 2. The Morgan fingerprint density at radius 2 is 1.14 bits per heavy atom. The van der Waals surface area contributed by atoms with Gasteiger partial charge in [-0.3, -0.25) is 5.50 Å². The van der Waals surface area contributed by atoms with Crippen molar-refractivity contribution in [1.82, 2.24) is 0 Å². The van der Waals surface area contributed by atoms with Gasteiger partial charge < -0.3 is 18.8 Å². The van der Waals surface area contributed by atoms with Gasteiger partial charge in [0.15, 0.2) is 8.37 Å². The smallest absolute Gasteiger partial charge is 0.173 e. The normalized spacial score (nSPS) is 15.2. The summed E-state index contributed by atoms with van der Waals surface area (Å²) >= 11 is 0. The molecule has 2 aromatic carbocycles. The van der Waals surface area contributed by atoms with Crippen molar-refractivity contribution in [2.75, 3.05) is 36.6 Å². The van der Waals surface area contributed by atoms with Crippen LogP contribution in [0, 0.1) is 0 Å². The Kier molecular flexibility index (Phi) is 4.36. The number of hydrogen-bond acceptors (Lipinski definition) is 5. The zero-order valence-corrected chi connectivity index (χ0v) is 13.7. The maximum atomic E-state index is 6.48. The number of anilines is 2. The second-order valence-electron chi connectivity index (χ2n) is 4.96. The summed E-state index contributed by atoms with van der Waals surface area (Å²) < 4.78 is 14.9. The van der Waals surface area contributed by atoms with E-state index in [0.717, 1.165) is 36.0 Å². The second kappa shape index (κ2) is 6.42. The minimum absolute atomic E-state index is 0.858. The molecular weight excluding hydrogens is 297 g/mol. The van der Waals surface area contributed by atoms with Crippen molar-refractivity contribution in [2.45, 2.75) is 0 Å². The van der Waals surface area contributed by atoms with Crippen LogP contribution in [-0.4, -0.2) is 27.3 Å². The summed E-state index contributed by atoms with van der Waals surface area (Å²) in [7, 11) is 2.46. The van der Waals surface area contributed by atoms with Crippen LogP contribution >= 0.6 is 8.37 Å². The van der Waals surface area contributed by atoms with Crippen molar-refractivity contribution in [3.05, 3.63) is 48.5 Å². The lowest BCUT2D eigenvalue weighted by atomic mass is 10.3. The first-order valence-electron chi connectivity index (χ1n) is 7.11. The molecule has 22 heavy (non-hydrogen) atoms. The predicted octanol–water partition coefficient (Wildman–Crippen LogP) is 3.22. The van der Waals surface area contributed by atoms with E-state index < -0.39 is 8.37 Å². The fraction of sp³-hybridized carbons (Fsp3) is 0.250. The van der Waals surface area contributed by atoms with E-state index in [4.69, 9.17) is 15.0 Å². The largest absolute Gasteiger partial charge is 0.497 e. The molecule has 0 radical (unpaired) electrons. The van der Waals surface area contributed by atoms with Gasteiger partial charge in [0.05, 0.1) is 14.2 Å². The highest BCUT2D eigenvalue weighted by molar-refractivity contribution is 7.59. The van der Waals surface area contributed by atoms with Crippen LogP contribution in [0.15, 0.2) is 48.5 Å². The number of rotatable bonds is 4. The van der Waals surface area contributed by atoms with E-state index in [1.165, 1.54) is 0 Å². The van der Waals surface area contributed by atoms with E-state index in [2.05, 4.69) is 33.6 Å². The zero-order valence-electron chi connectivity index (χ0n) is 12.8. The van der Waals surface area contributed by atoms with Gasteiger partial charge in [0.1, 0.15) is 11.5 Å². The summed E-state index contributed by atoms with van der Waals surface area (Å²) in [4.78, 5) is 0. The Morgan fingerprint density at radius 1 is 0.773 bits per heavy atom. The van der Waals surface area contributed by atoms with Gasteiger partial charge in [0, 0.05) is 24.5 Å². The standard InChI is InChI=1S/C16H20N3O2P/c1-20-15-7-3-13(4-8-15)18-11-12-19(22(18)17)14-5-9-16(21-2)10-6-14/h3-10H,11-12,17H2,1-2H3. The molecule has 5 nitrogen and oxygen atoms in total. The first-order valence-corrected chi connectivity index (χ1v) is 8.42. The molecule has 0 spiro atoms. The summed E-state index contributed by atoms with van der Waals surface area (Å²) in [5, 5.41) is 0. The molecule has 1 saturated heterocycles. The number of hydrogen-bond donors (Lipinski definition) is 1. The average Bonchev–Trinajstić information content (AvgIpc) is 2.96. The average molecular weight is 317 g/mol. The molecule has 0 bridgehead atoms. The highest BCUT2D eigenvalue weighted by Crippen LogP contribution is 2.47. The van der Waals surface area contributed by atoms with Crippen molar-refractivity contribution in [3.8, 4) is 11.5 Å². The van der Waals surface area contributed by atoms with E-state index in [-0.39, 0.29) is 0 Å². The quantitative estimate of drug-likeness (QED) is 0.878. The Labute approximate surface area is 132 Å². The lowest BCUT2D eigenvalue weighted by Crippen LogP contribution is -2.19. The first-order chi connectivity index (χ1) is 10.7. The van der Waals surface area contributed by atoms with Gasteiger partial charge in [0.25, 0.3) is 0 Å². The number of benzene rings is 2. The molecule has 2 N–H and O–H groups in total. The summed E-state index contributed by atoms with van der Waals surface area (Å²) in [6.45, 7) is 1.83. The van der Waals surface area contributed by atoms with Crippen LogP contribution in [0.4, 0.5) is 11.4 Å². The second-order valence-corrected chi connectivity index (χ2v) is 6.57. The Balaban J connectivity index is 1.76. The maximum absolute atomic E-state index is 6.48. The SMILES string of the molecule is COc1ccc(N2CCN(c3ccc(OC)cc3)P2N)cc1. The third-order valence-corrected chi connectivity index (χ3v) is 5.61. The minimum Gasteiger partial charge on any atom is -0.497 e. The van der Waals surface area contributed by atoms with Crippen molar-refractivity contribution >= 4 is 19.7 Å². The number of ether oxygens (including phenoxy) is 2. The molecule has 0 atom stereocenters. The molecule has 1 aliphatic heterocycles. The zero-order chi connectivity index (χ0) is 15.5. The summed E-state index contributed by atoms with van der Waals surface area (Å²) in [6, 6.07) is 16.1. The van der Waals surface area contributed by atoms with E-state index in [1.807, 2.05) is 24.3 Å². The molecule has 3 rings (SSSR count). The van der Waals surface area contributed by atoms with Crippen molar-refractivity contribution < 1.29 is 9.47 Å². The molecule has 0 aliphatic carbocycles. The van der Waals surface area contributed by atoms with Crippen LogP contribution in [0.2, 0.25) is 0 Å². The molecular formula is C16H20N3O2P. The molecule has 116 valence electrons. The van der Waals surface area contributed by atoms with Crippen molar-refractivity contribution in [1.29, 1.82) is 0 Å². The Morgan fingerprint density at radius 3 is 1.45 bits per heavy atom. The Bertz CT molecular complexity index is 563. The van der Waals surface area contributed by atoms with E-state index >= 15 is 0 Å². The summed E-state index contributed by atoms with van der Waals surface area (Å²) in [6.07, 6.45) is 0. The predicted molar refractivity (Wildman–Crippen MR) is 91.8 cm³/mol. The minimum atomic E-state index is -0.887. The lowest BCUT2D eigenvalue weighted by molar-refractivity contribution is 0.414. The third kappa shape index (κ3) is 2.82. The first kappa shape index (κ1) is 14.9. The lowest BCUT2D eigenvalue weighted by Gasteiger charge is -2.28. The van der Waals surface area contributed by atoms with Gasteiger partial charge in [-0.1, -0.05) is 0 Å². The summed E-state index contributed by atoms with van der Waals surface area (Å²) in [5.74, 6) is 1.72. The van der Waals surface area contributed by atoms with E-state index in [0.29, 0.717) is 0 Å². The fourth-order valence-corrected chi connectivity index (χ4v) is 4.12. The highest BCUT2D eigenvalue weighted by Gasteiger charge is 2.30. The maximum Gasteiger partial charge on any atom is 0.173 e. The van der Waals surface area contributed by atoms with Gasteiger partial charge in [0.2, 0.25) is 0 Å². The highest BCUT2D eigenvalue weighted by atomic mass is 31.1. The fourth-order valence-electron chi connectivity index (χ4n) is 2.53. The van der Waals surface area contributed by atoms with Gasteiger partial charge in [-0.05, 0) is 48.5 Å². The monoisotopic (exact) mass is 317 g/mol. The molecule has 1 fully saturated rings. The van der Waals surface area contributed by atoms with E-state index in [1.54, 1.807) is 14.2 Å². The van der Waals surface area contributed by atoms with Gasteiger partial charge in [-0.2, -0.15) is 0 Å². The van der Waals surface area contributed by atoms with Crippen LogP contribution in [0.5, 0.6) is 11.5 Å². The van der Waals surface area contributed by atoms with E-state index in [9.17, 15) is 0 Å². The van der Waals surface area contributed by atoms with Crippen molar-refractivity contribution in [2.24, 2.45) is 5.50 Å². The molecule has 0 unspecified atom stereocenters. The molecule has 0 aromatic heterocycles. The van der Waals surface area contributed by atoms with Crippen LogP contribution in [0.25, 0.3) is 0 Å². The van der Waals surface area contributed by atoms with Crippen LogP contribution < -0.4 is 24.3 Å². The number of nitrogens with two attached hydrogens (primary N) is 1. The molecule has 6 heteroatoms. The van der Waals surface area contributed by atoms with Gasteiger partial charge in [-0.25, -0.2) is 0 Å². The van der Waals surface area contributed by atoms with Crippen molar-refractivity contribution in [3.63, 3.8) is 0 Å². The molecule has 2 aromatic rings. The van der Waals surface area contributed by atoms with Crippen LogP contribution in [0.3, 0.4) is 0 Å².